The zero-order valence-electron chi connectivity index (χ0n) is 16.8. The average molecular weight is 409 g/mol. The van der Waals surface area contributed by atoms with Gasteiger partial charge in [0.15, 0.2) is 18.1 Å². The fourth-order valence-electron chi connectivity index (χ4n) is 3.06. The van der Waals surface area contributed by atoms with Crippen molar-refractivity contribution in [3.8, 4) is 17.2 Å². The molecule has 0 atom stereocenters. The molecule has 30 heavy (non-hydrogen) atoms. The van der Waals surface area contributed by atoms with Gasteiger partial charge in [-0.3, -0.25) is 4.79 Å². The molecule has 0 aliphatic rings. The molecule has 0 fully saturated rings. The van der Waals surface area contributed by atoms with Gasteiger partial charge in [0.1, 0.15) is 11.3 Å². The standard InChI is InChI=1S/C23H23NO6/c1-28-19-10-7-15(13-20(19)29-2)11-12-24-21(25)14-30-23(27)18-9-8-16-5-3-4-6-17(16)22(18)26/h3-10,13,26H,11-12,14H2,1-2H3,(H,24,25). The molecule has 3 aromatic carbocycles. The zero-order valence-corrected chi connectivity index (χ0v) is 16.8. The van der Waals surface area contributed by atoms with Crippen LogP contribution in [0.25, 0.3) is 10.8 Å². The summed E-state index contributed by atoms with van der Waals surface area (Å²) >= 11 is 0. The Labute approximate surface area is 174 Å². The maximum Gasteiger partial charge on any atom is 0.342 e. The van der Waals surface area contributed by atoms with Crippen LogP contribution in [0, 0.1) is 0 Å². The summed E-state index contributed by atoms with van der Waals surface area (Å²) in [5.41, 5.74) is 0.984. The Morgan fingerprint density at radius 1 is 0.967 bits per heavy atom. The maximum absolute atomic E-state index is 12.3. The lowest BCUT2D eigenvalue weighted by Gasteiger charge is -2.11. The van der Waals surface area contributed by atoms with E-state index in [1.165, 1.54) is 6.07 Å². The number of ether oxygens (including phenoxy) is 3. The summed E-state index contributed by atoms with van der Waals surface area (Å²) in [5.74, 6) is -0.0936. The number of esters is 1. The first-order chi connectivity index (χ1) is 14.5. The highest BCUT2D eigenvalue weighted by molar-refractivity contribution is 6.01. The highest BCUT2D eigenvalue weighted by atomic mass is 16.5. The first-order valence-electron chi connectivity index (χ1n) is 9.39. The molecule has 0 bridgehead atoms. The van der Waals surface area contributed by atoms with E-state index in [9.17, 15) is 14.7 Å². The number of carbonyl (C=O) groups excluding carboxylic acids is 2. The van der Waals surface area contributed by atoms with Crippen molar-refractivity contribution in [3.05, 3.63) is 65.7 Å². The second-order valence-electron chi connectivity index (χ2n) is 6.55. The van der Waals surface area contributed by atoms with E-state index in [1.807, 2.05) is 24.3 Å². The SMILES string of the molecule is COc1ccc(CCNC(=O)COC(=O)c2ccc3ccccc3c2O)cc1OC. The Bertz CT molecular complexity index is 1060. The van der Waals surface area contributed by atoms with Crippen molar-refractivity contribution in [2.75, 3.05) is 27.4 Å². The Hall–Kier alpha value is -3.74. The molecule has 0 heterocycles. The van der Waals surface area contributed by atoms with Crippen molar-refractivity contribution in [2.45, 2.75) is 6.42 Å². The number of nitrogens with one attached hydrogen (secondary N) is 1. The fourth-order valence-corrected chi connectivity index (χ4v) is 3.06. The van der Waals surface area contributed by atoms with Gasteiger partial charge < -0.3 is 24.6 Å². The highest BCUT2D eigenvalue weighted by Gasteiger charge is 2.16. The van der Waals surface area contributed by atoms with E-state index in [2.05, 4.69) is 5.32 Å². The predicted molar refractivity (Wildman–Crippen MR) is 112 cm³/mol. The molecule has 156 valence electrons. The van der Waals surface area contributed by atoms with Gasteiger partial charge in [-0.2, -0.15) is 0 Å². The summed E-state index contributed by atoms with van der Waals surface area (Å²) in [5, 5.41) is 14.4. The third kappa shape index (κ3) is 4.81. The van der Waals surface area contributed by atoms with E-state index in [4.69, 9.17) is 14.2 Å². The van der Waals surface area contributed by atoms with Crippen LogP contribution < -0.4 is 14.8 Å². The molecule has 0 unspecified atom stereocenters. The molecule has 7 nitrogen and oxygen atoms in total. The smallest absolute Gasteiger partial charge is 0.342 e. The Kier molecular flexibility index (Phi) is 6.75. The van der Waals surface area contributed by atoms with Crippen LogP contribution in [0.3, 0.4) is 0 Å². The van der Waals surface area contributed by atoms with Crippen molar-refractivity contribution in [2.24, 2.45) is 0 Å². The Morgan fingerprint density at radius 2 is 1.73 bits per heavy atom. The van der Waals surface area contributed by atoms with Crippen molar-refractivity contribution in [1.29, 1.82) is 0 Å². The van der Waals surface area contributed by atoms with Crippen LogP contribution in [0.4, 0.5) is 0 Å². The fraction of sp³-hybridized carbons (Fsp3) is 0.217. The highest BCUT2D eigenvalue weighted by Crippen LogP contribution is 2.29. The van der Waals surface area contributed by atoms with Gasteiger partial charge in [-0.15, -0.1) is 0 Å². The van der Waals surface area contributed by atoms with Crippen LogP contribution >= 0.6 is 0 Å². The molecule has 2 N–H and O–H groups in total. The maximum atomic E-state index is 12.3. The van der Waals surface area contributed by atoms with Gasteiger partial charge in [-0.25, -0.2) is 4.79 Å². The molecule has 0 aliphatic heterocycles. The first kappa shape index (κ1) is 21.0. The molecule has 0 saturated carbocycles. The minimum absolute atomic E-state index is 0.0202. The molecule has 0 radical (unpaired) electrons. The molecule has 0 spiro atoms. The molecule has 0 aromatic heterocycles. The number of carbonyl (C=O) groups is 2. The zero-order chi connectivity index (χ0) is 21.5. The van der Waals surface area contributed by atoms with E-state index in [1.54, 1.807) is 38.5 Å². The van der Waals surface area contributed by atoms with Gasteiger partial charge >= 0.3 is 5.97 Å². The van der Waals surface area contributed by atoms with Crippen LogP contribution in [-0.4, -0.2) is 44.4 Å². The van der Waals surface area contributed by atoms with Gasteiger partial charge in [-0.05, 0) is 35.6 Å². The summed E-state index contributed by atoms with van der Waals surface area (Å²) in [6.45, 7) is -0.0654. The van der Waals surface area contributed by atoms with Gasteiger partial charge in [0, 0.05) is 11.9 Å². The lowest BCUT2D eigenvalue weighted by molar-refractivity contribution is -0.124. The van der Waals surface area contributed by atoms with Crippen molar-refractivity contribution in [3.63, 3.8) is 0 Å². The summed E-state index contributed by atoms with van der Waals surface area (Å²) in [6, 6.07) is 15.9. The van der Waals surface area contributed by atoms with E-state index in [0.29, 0.717) is 29.9 Å². The summed E-state index contributed by atoms with van der Waals surface area (Å²) in [7, 11) is 3.13. The van der Waals surface area contributed by atoms with Gasteiger partial charge in [0.2, 0.25) is 0 Å². The molecule has 1 amide bonds. The summed E-state index contributed by atoms with van der Waals surface area (Å²) in [4.78, 5) is 24.2. The lowest BCUT2D eigenvalue weighted by atomic mass is 10.1. The number of hydrogen-bond donors (Lipinski definition) is 2. The monoisotopic (exact) mass is 409 g/mol. The number of amides is 1. The molecule has 3 aromatic rings. The van der Waals surface area contributed by atoms with Gasteiger partial charge in [0.05, 0.1) is 14.2 Å². The Balaban J connectivity index is 1.50. The molecule has 0 aliphatic carbocycles. The normalized spacial score (nSPS) is 10.5. The molecule has 0 saturated heterocycles. The second-order valence-corrected chi connectivity index (χ2v) is 6.55. The molecule has 7 heteroatoms. The summed E-state index contributed by atoms with van der Waals surface area (Å²) in [6.07, 6.45) is 0.575. The third-order valence-electron chi connectivity index (χ3n) is 4.64. The van der Waals surface area contributed by atoms with Crippen LogP contribution in [0.2, 0.25) is 0 Å². The van der Waals surface area contributed by atoms with Crippen molar-refractivity contribution < 1.29 is 28.9 Å². The van der Waals surface area contributed by atoms with Crippen LogP contribution in [-0.2, 0) is 16.0 Å². The number of phenols is 1. The minimum atomic E-state index is -0.756. The summed E-state index contributed by atoms with van der Waals surface area (Å²) < 4.78 is 15.5. The van der Waals surface area contributed by atoms with E-state index in [0.717, 1.165) is 10.9 Å². The topological polar surface area (TPSA) is 94.1 Å². The first-order valence-corrected chi connectivity index (χ1v) is 9.39. The lowest BCUT2D eigenvalue weighted by Crippen LogP contribution is -2.30. The van der Waals surface area contributed by atoms with Crippen LogP contribution in [0.15, 0.2) is 54.6 Å². The number of methoxy groups -OCH3 is 2. The van der Waals surface area contributed by atoms with Crippen molar-refractivity contribution >= 4 is 22.6 Å². The molecule has 3 rings (SSSR count). The molecular formula is C23H23NO6. The van der Waals surface area contributed by atoms with Gasteiger partial charge in [-0.1, -0.05) is 36.4 Å². The predicted octanol–water partition coefficient (Wildman–Crippen LogP) is 3.08. The van der Waals surface area contributed by atoms with Crippen molar-refractivity contribution in [1.82, 2.24) is 5.32 Å². The molecular weight excluding hydrogens is 386 g/mol. The van der Waals surface area contributed by atoms with E-state index < -0.39 is 18.5 Å². The third-order valence-corrected chi connectivity index (χ3v) is 4.64. The van der Waals surface area contributed by atoms with Gasteiger partial charge in [0.25, 0.3) is 5.91 Å². The quantitative estimate of drug-likeness (QED) is 0.556. The van der Waals surface area contributed by atoms with Crippen LogP contribution in [0.1, 0.15) is 15.9 Å². The average Bonchev–Trinajstić information content (AvgIpc) is 2.77. The largest absolute Gasteiger partial charge is 0.506 e. The number of phenolic OH excluding ortho intramolecular Hbond substituents is 1. The number of aromatic hydroxyl groups is 1. The van der Waals surface area contributed by atoms with E-state index in [-0.39, 0.29) is 11.3 Å². The number of fused-ring (bicyclic) bond motifs is 1. The number of hydrogen-bond acceptors (Lipinski definition) is 6. The van der Waals surface area contributed by atoms with E-state index >= 15 is 0 Å². The number of benzene rings is 3. The number of rotatable bonds is 8. The minimum Gasteiger partial charge on any atom is -0.506 e. The Morgan fingerprint density at radius 3 is 2.50 bits per heavy atom. The second kappa shape index (κ2) is 9.65. The van der Waals surface area contributed by atoms with Crippen LogP contribution in [0.5, 0.6) is 17.2 Å².